The molecule has 0 N–H and O–H groups in total. The van der Waals surface area contributed by atoms with Gasteiger partial charge >= 0.3 is 0 Å². The minimum atomic E-state index is -0.0724. The fourth-order valence-corrected chi connectivity index (χ4v) is 12.7. The molecule has 2 heterocycles. The lowest BCUT2D eigenvalue weighted by molar-refractivity contribution is 0.376. The number of rotatable bonds is 4. The van der Waals surface area contributed by atoms with E-state index >= 15 is 0 Å². The van der Waals surface area contributed by atoms with E-state index in [1.807, 2.05) is 0 Å². The third-order valence-corrected chi connectivity index (χ3v) is 15.8. The molecular weight excluding hydrogens is 737 g/mol. The van der Waals surface area contributed by atoms with Crippen LogP contribution in [0.2, 0.25) is 0 Å². The molecule has 12 rings (SSSR count). The number of allylic oxidation sites excluding steroid dienone is 7. The van der Waals surface area contributed by atoms with Crippen LogP contribution in [0.5, 0.6) is 0 Å². The second-order valence-electron chi connectivity index (χ2n) is 19.6. The number of nitrogens with zero attached hydrogens (tertiary/aromatic N) is 2. The first-order chi connectivity index (χ1) is 29.8. The van der Waals surface area contributed by atoms with Crippen molar-refractivity contribution >= 4 is 34.5 Å². The number of hydrogen-bond acceptors (Lipinski definition) is 2. The monoisotopic (exact) mass is 790 g/mol. The molecule has 0 saturated heterocycles. The van der Waals surface area contributed by atoms with Crippen molar-refractivity contribution in [2.24, 2.45) is 17.8 Å². The molecule has 1 saturated carbocycles. The molecule has 6 aromatic rings. The summed E-state index contributed by atoms with van der Waals surface area (Å²) in [6.45, 7) is 9.50. The molecule has 2 nitrogen and oxygen atoms in total. The first kappa shape index (κ1) is 36.7. The van der Waals surface area contributed by atoms with Gasteiger partial charge in [-0.15, -0.1) is 0 Å². The van der Waals surface area contributed by atoms with E-state index in [0.29, 0.717) is 17.8 Å². The summed E-state index contributed by atoms with van der Waals surface area (Å²) in [5.41, 5.74) is 20.6. The van der Waals surface area contributed by atoms with Gasteiger partial charge in [0.15, 0.2) is 0 Å². The predicted octanol–water partition coefficient (Wildman–Crippen LogP) is 15.4. The van der Waals surface area contributed by atoms with Gasteiger partial charge < -0.3 is 9.80 Å². The van der Waals surface area contributed by atoms with Crippen molar-refractivity contribution in [3.8, 4) is 11.1 Å². The van der Waals surface area contributed by atoms with Crippen LogP contribution in [0.3, 0.4) is 0 Å². The van der Waals surface area contributed by atoms with Crippen molar-refractivity contribution in [3.05, 3.63) is 215 Å². The van der Waals surface area contributed by atoms with Crippen LogP contribution in [0.25, 0.3) is 17.2 Å². The minimum Gasteiger partial charge on any atom is -0.313 e. The molecule has 6 aliphatic rings. The fourth-order valence-electron chi connectivity index (χ4n) is 12.7. The Morgan fingerprint density at radius 3 is 1.66 bits per heavy atom. The van der Waals surface area contributed by atoms with Crippen LogP contribution in [0, 0.1) is 17.8 Å². The molecule has 0 aromatic heterocycles. The van der Waals surface area contributed by atoms with Gasteiger partial charge in [-0.2, -0.15) is 0 Å². The Balaban J connectivity index is 0.872. The maximum absolute atomic E-state index is 2.59. The maximum atomic E-state index is 2.59. The van der Waals surface area contributed by atoms with Crippen LogP contribution in [0.1, 0.15) is 98.7 Å². The normalized spacial score (nSPS) is 22.8. The molecule has 1 spiro atoms. The molecule has 4 aliphatic carbocycles. The Bertz CT molecular complexity index is 2790. The third-order valence-electron chi connectivity index (χ3n) is 15.8. The summed E-state index contributed by atoms with van der Waals surface area (Å²) in [6.07, 6.45) is 23.0. The zero-order valence-electron chi connectivity index (χ0n) is 35.9. The van der Waals surface area contributed by atoms with Crippen LogP contribution < -0.4 is 9.80 Å². The van der Waals surface area contributed by atoms with E-state index in [9.17, 15) is 0 Å². The van der Waals surface area contributed by atoms with E-state index in [0.717, 1.165) is 6.42 Å². The lowest BCUT2D eigenvalue weighted by Gasteiger charge is -2.46. The van der Waals surface area contributed by atoms with E-state index in [1.54, 1.807) is 0 Å². The molecule has 300 valence electrons. The van der Waals surface area contributed by atoms with Crippen LogP contribution in [-0.2, 0) is 16.2 Å². The number of anilines is 5. The minimum absolute atomic E-state index is 0.0514. The van der Waals surface area contributed by atoms with Gasteiger partial charge in [0.05, 0.1) is 11.4 Å². The van der Waals surface area contributed by atoms with Crippen molar-refractivity contribution in [3.63, 3.8) is 0 Å². The Kier molecular flexibility index (Phi) is 8.09. The average molecular weight is 791 g/mol. The number of para-hydroxylation sites is 4. The zero-order chi connectivity index (χ0) is 41.1. The van der Waals surface area contributed by atoms with Crippen molar-refractivity contribution in [2.45, 2.75) is 76.0 Å². The van der Waals surface area contributed by atoms with Gasteiger partial charge in [0.1, 0.15) is 0 Å². The smallest absolute Gasteiger partial charge is 0.0502 e. The zero-order valence-corrected chi connectivity index (χ0v) is 35.9. The summed E-state index contributed by atoms with van der Waals surface area (Å²) in [5, 5.41) is 0. The molecule has 6 aromatic carbocycles. The lowest BCUT2D eigenvalue weighted by Crippen LogP contribution is -2.37. The maximum Gasteiger partial charge on any atom is 0.0502 e. The van der Waals surface area contributed by atoms with Crippen LogP contribution >= 0.6 is 0 Å². The quantitative estimate of drug-likeness (QED) is 0.164. The van der Waals surface area contributed by atoms with E-state index in [4.69, 9.17) is 0 Å². The van der Waals surface area contributed by atoms with Gasteiger partial charge in [0.25, 0.3) is 0 Å². The molecule has 61 heavy (non-hydrogen) atoms. The second kappa shape index (κ2) is 13.4. The molecule has 0 radical (unpaired) electrons. The summed E-state index contributed by atoms with van der Waals surface area (Å²) in [6, 6.07) is 50.9. The van der Waals surface area contributed by atoms with Gasteiger partial charge in [0, 0.05) is 50.8 Å². The van der Waals surface area contributed by atoms with Crippen molar-refractivity contribution < 1.29 is 0 Å². The molecule has 2 aliphatic heterocycles. The molecule has 1 fully saturated rings. The first-order valence-electron chi connectivity index (χ1n) is 22.8. The Morgan fingerprint density at radius 1 is 0.541 bits per heavy atom. The van der Waals surface area contributed by atoms with Crippen molar-refractivity contribution in [1.82, 2.24) is 0 Å². The van der Waals surface area contributed by atoms with Gasteiger partial charge in [-0.3, -0.25) is 0 Å². The summed E-state index contributed by atoms with van der Waals surface area (Å²) >= 11 is 0. The molecule has 3 unspecified atom stereocenters. The molecule has 0 amide bonds. The van der Waals surface area contributed by atoms with E-state index in [2.05, 4.69) is 213 Å². The third kappa shape index (κ3) is 5.27. The Hall–Kier alpha value is -6.12. The highest BCUT2D eigenvalue weighted by Crippen LogP contribution is 2.60. The van der Waals surface area contributed by atoms with Gasteiger partial charge in [-0.05, 0) is 118 Å². The van der Waals surface area contributed by atoms with Crippen molar-refractivity contribution in [2.75, 3.05) is 9.80 Å². The highest BCUT2D eigenvalue weighted by Gasteiger charge is 2.46. The van der Waals surface area contributed by atoms with Crippen LogP contribution in [-0.4, -0.2) is 0 Å². The van der Waals surface area contributed by atoms with E-state index in [-0.39, 0.29) is 16.2 Å². The number of fused-ring (bicyclic) bond motifs is 10. The largest absolute Gasteiger partial charge is 0.313 e. The van der Waals surface area contributed by atoms with Gasteiger partial charge in [-0.25, -0.2) is 0 Å². The number of benzene rings is 6. The molecular formula is C59H54N2. The average Bonchev–Trinajstić information content (AvgIpc) is 3.89. The standard InChI is InChI=1S/C59H54N2/c1-57(2)46-20-5-9-24-53(46)60(54-25-10-6-21-47(54)57)41-32-34-44-43-33-30-39(37-50(43)59(51(44)38-41)35-13-14-36-59)29-31-40-17-15-19-45-42(40)18-16-28-52(45)61-55-26-11-7-22-48(55)58(3,4)49-23-8-12-27-56(49)61/h5-12,15-18,20-34,37-38,40,42,45H,13-14,19,35-36H2,1-4H3/b31-29+. The van der Waals surface area contributed by atoms with Gasteiger partial charge in [0.2, 0.25) is 0 Å². The van der Waals surface area contributed by atoms with Crippen LogP contribution in [0.4, 0.5) is 28.4 Å². The summed E-state index contributed by atoms with van der Waals surface area (Å²) < 4.78 is 0. The highest BCUT2D eigenvalue weighted by atomic mass is 15.2. The summed E-state index contributed by atoms with van der Waals surface area (Å²) in [4.78, 5) is 5.12. The Labute approximate surface area is 362 Å². The highest BCUT2D eigenvalue weighted by molar-refractivity contribution is 5.90. The van der Waals surface area contributed by atoms with Crippen molar-refractivity contribution in [1.29, 1.82) is 0 Å². The van der Waals surface area contributed by atoms with E-state index in [1.165, 1.54) is 110 Å². The second-order valence-corrected chi connectivity index (χ2v) is 19.6. The SMILES string of the molecule is CC1(C)c2ccccc2N(C2=CC=CC3C(/C=C/c4ccc5c(c4)C4(CCCC4)c4cc(N6c7ccccc7C(C)(C)c7ccccc76)ccc4-5)C=CCC23)c2ccccc21. The summed E-state index contributed by atoms with van der Waals surface area (Å²) in [5.74, 6) is 1.10. The lowest BCUT2D eigenvalue weighted by atomic mass is 9.69. The molecule has 0 bridgehead atoms. The Morgan fingerprint density at radius 2 is 1.07 bits per heavy atom. The molecule has 3 atom stereocenters. The number of hydrogen-bond donors (Lipinski definition) is 0. The summed E-state index contributed by atoms with van der Waals surface area (Å²) in [7, 11) is 0. The first-order valence-corrected chi connectivity index (χ1v) is 22.8. The predicted molar refractivity (Wildman–Crippen MR) is 256 cm³/mol. The van der Waals surface area contributed by atoms with Gasteiger partial charge in [-0.1, -0.05) is 174 Å². The van der Waals surface area contributed by atoms with E-state index < -0.39 is 0 Å². The molecule has 2 heteroatoms. The van der Waals surface area contributed by atoms with Crippen LogP contribution in [0.15, 0.2) is 176 Å². The topological polar surface area (TPSA) is 6.48 Å². The fraction of sp³-hybridized carbons (Fsp3) is 0.254.